The number of nitrogens with zero attached hydrogens (tertiary/aromatic N) is 2. The number of amides is 2. The van der Waals surface area contributed by atoms with Gasteiger partial charge in [-0.2, -0.15) is 0 Å². The molecule has 2 aliphatic rings. The first-order valence-electron chi connectivity index (χ1n) is 8.17. The molecule has 2 saturated heterocycles. The third-order valence-electron chi connectivity index (χ3n) is 5.39. The summed E-state index contributed by atoms with van der Waals surface area (Å²) in [6, 6.07) is 7.31. The lowest BCUT2D eigenvalue weighted by molar-refractivity contribution is -0.152. The second-order valence-corrected chi connectivity index (χ2v) is 7.04. The first-order chi connectivity index (χ1) is 11.7. The van der Waals surface area contributed by atoms with Crippen LogP contribution in [0.1, 0.15) is 18.5 Å². The molecule has 0 spiro atoms. The van der Waals surface area contributed by atoms with E-state index in [1.54, 1.807) is 6.92 Å². The number of benzene rings is 1. The highest BCUT2D eigenvalue weighted by Crippen LogP contribution is 2.48. The highest BCUT2D eigenvalue weighted by molar-refractivity contribution is 6.09. The lowest BCUT2D eigenvalue weighted by Gasteiger charge is -2.28. The maximum Gasteiger partial charge on any atom is 0.326 e. The number of anilines is 1. The number of nitrogens with one attached hydrogen (secondary N) is 1. The third-order valence-corrected chi connectivity index (χ3v) is 5.39. The van der Waals surface area contributed by atoms with Crippen LogP contribution < -0.4 is 10.2 Å². The van der Waals surface area contributed by atoms with Crippen molar-refractivity contribution in [2.24, 2.45) is 11.8 Å². The van der Waals surface area contributed by atoms with E-state index in [0.717, 1.165) is 16.2 Å². The van der Waals surface area contributed by atoms with Crippen molar-refractivity contribution in [3.63, 3.8) is 0 Å². The van der Waals surface area contributed by atoms with Crippen LogP contribution in [0, 0.1) is 11.8 Å². The molecule has 2 amide bonds. The zero-order chi connectivity index (χ0) is 18.5. The van der Waals surface area contributed by atoms with Crippen LogP contribution in [0.15, 0.2) is 24.3 Å². The van der Waals surface area contributed by atoms with Crippen molar-refractivity contribution < 1.29 is 19.1 Å². The second kappa shape index (κ2) is 5.84. The van der Waals surface area contributed by atoms with Gasteiger partial charge in [0.05, 0.1) is 18.9 Å². The molecule has 7 nitrogen and oxygen atoms in total. The van der Waals surface area contributed by atoms with Crippen molar-refractivity contribution >= 4 is 23.5 Å². The predicted molar refractivity (Wildman–Crippen MR) is 91.8 cm³/mol. The number of fused-ring (bicyclic) bond motifs is 1. The average Bonchev–Trinajstić information content (AvgIpc) is 3.04. The lowest BCUT2D eigenvalue weighted by Crippen LogP contribution is -2.53. The number of esters is 1. The van der Waals surface area contributed by atoms with Crippen LogP contribution in [0.2, 0.25) is 0 Å². The van der Waals surface area contributed by atoms with Crippen LogP contribution in [0.4, 0.5) is 5.69 Å². The van der Waals surface area contributed by atoms with E-state index in [2.05, 4.69) is 5.32 Å². The number of hydrogen-bond acceptors (Lipinski definition) is 6. The number of carbonyl (C=O) groups excluding carboxylic acids is 3. The van der Waals surface area contributed by atoms with Crippen LogP contribution in [0.5, 0.6) is 0 Å². The Morgan fingerprint density at radius 2 is 1.80 bits per heavy atom. The molecule has 1 aromatic rings. The fourth-order valence-electron chi connectivity index (χ4n) is 3.95. The Labute approximate surface area is 146 Å². The van der Waals surface area contributed by atoms with Crippen LogP contribution >= 0.6 is 0 Å². The van der Waals surface area contributed by atoms with Gasteiger partial charge in [-0.1, -0.05) is 12.1 Å². The molecule has 0 bridgehead atoms. The Morgan fingerprint density at radius 3 is 2.32 bits per heavy atom. The summed E-state index contributed by atoms with van der Waals surface area (Å²) in [5, 5.41) is 3.21. The quantitative estimate of drug-likeness (QED) is 0.637. The van der Waals surface area contributed by atoms with Crippen LogP contribution in [-0.4, -0.2) is 56.5 Å². The molecule has 0 aliphatic carbocycles. The van der Waals surface area contributed by atoms with Gasteiger partial charge in [-0.3, -0.25) is 24.6 Å². The SMILES string of the molecule is COC(=O)[C@]1(C)N[C@@H](c2ccc(N(C)C)cc2)[C@H]2C(=O)N(C)C(=O)[C@@H]21. The van der Waals surface area contributed by atoms with Gasteiger partial charge in [0.15, 0.2) is 0 Å². The van der Waals surface area contributed by atoms with E-state index in [9.17, 15) is 14.4 Å². The van der Waals surface area contributed by atoms with Crippen molar-refractivity contribution in [3.8, 4) is 0 Å². The molecule has 2 fully saturated rings. The maximum absolute atomic E-state index is 12.7. The number of likely N-dealkylation sites (tertiary alicyclic amines) is 1. The Balaban J connectivity index is 2.04. The summed E-state index contributed by atoms with van der Waals surface area (Å²) >= 11 is 0. The van der Waals surface area contributed by atoms with E-state index in [0.29, 0.717) is 0 Å². The number of imide groups is 1. The molecule has 0 unspecified atom stereocenters. The Bertz CT molecular complexity index is 730. The molecule has 25 heavy (non-hydrogen) atoms. The molecule has 2 aliphatic heterocycles. The third kappa shape index (κ3) is 2.41. The van der Waals surface area contributed by atoms with E-state index in [-0.39, 0.29) is 11.8 Å². The summed E-state index contributed by atoms with van der Waals surface area (Å²) in [6.45, 7) is 1.63. The summed E-state index contributed by atoms with van der Waals surface area (Å²) in [7, 11) is 6.64. The summed E-state index contributed by atoms with van der Waals surface area (Å²) in [6.07, 6.45) is 0. The van der Waals surface area contributed by atoms with Crippen LogP contribution in [-0.2, 0) is 19.1 Å². The molecular formula is C18H23N3O4. The molecule has 7 heteroatoms. The predicted octanol–water partition coefficient (Wildman–Crippen LogP) is 0.560. The molecule has 134 valence electrons. The molecule has 0 radical (unpaired) electrons. The van der Waals surface area contributed by atoms with E-state index < -0.39 is 29.4 Å². The second-order valence-electron chi connectivity index (χ2n) is 7.04. The minimum Gasteiger partial charge on any atom is -0.468 e. The average molecular weight is 345 g/mol. The number of ether oxygens (including phenoxy) is 1. The van der Waals surface area contributed by atoms with Crippen molar-refractivity contribution in [1.82, 2.24) is 10.2 Å². The Kier molecular flexibility index (Phi) is 4.07. The minimum absolute atomic E-state index is 0.267. The standard InChI is InChI=1S/C18H23N3O4/c1-18(17(24)25-5)13-12(15(22)21(4)16(13)23)14(19-18)10-6-8-11(9-7-10)20(2)3/h6-9,12-14,19H,1-5H3/t12-,13+,14-,18+/m0/s1. The van der Waals surface area contributed by atoms with E-state index in [1.807, 2.05) is 43.3 Å². The molecule has 1 N–H and O–H groups in total. The van der Waals surface area contributed by atoms with Crippen molar-refractivity contribution in [2.75, 3.05) is 33.2 Å². The summed E-state index contributed by atoms with van der Waals surface area (Å²) in [5.41, 5.74) is 0.659. The molecule has 3 rings (SSSR count). The van der Waals surface area contributed by atoms with Crippen LogP contribution in [0.3, 0.4) is 0 Å². The van der Waals surface area contributed by atoms with E-state index >= 15 is 0 Å². The topological polar surface area (TPSA) is 79.0 Å². The summed E-state index contributed by atoms with van der Waals surface area (Å²) < 4.78 is 4.91. The molecule has 1 aromatic carbocycles. The fourth-order valence-corrected chi connectivity index (χ4v) is 3.95. The zero-order valence-electron chi connectivity index (χ0n) is 15.1. The van der Waals surface area contributed by atoms with Gasteiger partial charge in [0, 0.05) is 32.9 Å². The Morgan fingerprint density at radius 1 is 1.20 bits per heavy atom. The largest absolute Gasteiger partial charge is 0.468 e. The number of carbonyl (C=O) groups is 3. The van der Waals surface area contributed by atoms with Crippen molar-refractivity contribution in [1.29, 1.82) is 0 Å². The molecular weight excluding hydrogens is 322 g/mol. The van der Waals surface area contributed by atoms with Gasteiger partial charge < -0.3 is 9.64 Å². The van der Waals surface area contributed by atoms with E-state index in [4.69, 9.17) is 4.74 Å². The van der Waals surface area contributed by atoms with Crippen LogP contribution in [0.25, 0.3) is 0 Å². The fraction of sp³-hybridized carbons (Fsp3) is 0.500. The van der Waals surface area contributed by atoms with Gasteiger partial charge in [-0.05, 0) is 24.6 Å². The van der Waals surface area contributed by atoms with Gasteiger partial charge in [0.25, 0.3) is 0 Å². The highest BCUT2D eigenvalue weighted by atomic mass is 16.5. The molecule has 4 atom stereocenters. The van der Waals surface area contributed by atoms with Crippen molar-refractivity contribution in [2.45, 2.75) is 18.5 Å². The smallest absolute Gasteiger partial charge is 0.326 e. The van der Waals surface area contributed by atoms with Gasteiger partial charge >= 0.3 is 5.97 Å². The van der Waals surface area contributed by atoms with E-state index in [1.165, 1.54) is 14.2 Å². The number of rotatable bonds is 3. The number of methoxy groups -OCH3 is 1. The highest BCUT2D eigenvalue weighted by Gasteiger charge is 2.66. The minimum atomic E-state index is -1.23. The first-order valence-corrected chi connectivity index (χ1v) is 8.17. The maximum atomic E-state index is 12.7. The van der Waals surface area contributed by atoms with Gasteiger partial charge in [0.2, 0.25) is 11.8 Å². The number of hydrogen-bond donors (Lipinski definition) is 1. The summed E-state index contributed by atoms with van der Waals surface area (Å²) in [5.74, 6) is -2.53. The molecule has 0 saturated carbocycles. The molecule has 2 heterocycles. The zero-order valence-corrected chi connectivity index (χ0v) is 15.1. The Hall–Kier alpha value is -2.41. The van der Waals surface area contributed by atoms with Crippen molar-refractivity contribution in [3.05, 3.63) is 29.8 Å². The molecule has 0 aromatic heterocycles. The summed E-state index contributed by atoms with van der Waals surface area (Å²) in [4.78, 5) is 40.7. The normalized spacial score (nSPS) is 31.2. The van der Waals surface area contributed by atoms with Gasteiger partial charge in [0.1, 0.15) is 5.54 Å². The monoisotopic (exact) mass is 345 g/mol. The lowest BCUT2D eigenvalue weighted by atomic mass is 9.80. The van der Waals surface area contributed by atoms with Gasteiger partial charge in [-0.25, -0.2) is 0 Å². The van der Waals surface area contributed by atoms with Gasteiger partial charge in [-0.15, -0.1) is 0 Å². The first kappa shape index (κ1) is 17.4.